The lowest BCUT2D eigenvalue weighted by Gasteiger charge is -2.15. The third-order valence-electron chi connectivity index (χ3n) is 7.66. The zero-order valence-electron chi connectivity index (χ0n) is 23.1. The highest BCUT2D eigenvalue weighted by atomic mass is 32.1. The highest BCUT2D eigenvalue weighted by Gasteiger charge is 2.27. The third kappa shape index (κ3) is 4.20. The predicted molar refractivity (Wildman–Crippen MR) is 167 cm³/mol. The summed E-state index contributed by atoms with van der Waals surface area (Å²) < 4.78 is 54.6. The van der Waals surface area contributed by atoms with E-state index < -0.39 is 34.1 Å². The van der Waals surface area contributed by atoms with Crippen LogP contribution in [0.5, 0.6) is 0 Å². The molecule has 46 heavy (non-hydrogen) atoms. The fraction of sp³-hybridized carbons (Fsp3) is 0. The van der Waals surface area contributed by atoms with E-state index >= 15 is 8.78 Å². The number of fused-ring (bicyclic) bond motifs is 5. The van der Waals surface area contributed by atoms with Crippen LogP contribution in [0.2, 0.25) is 0 Å². The van der Waals surface area contributed by atoms with Crippen molar-refractivity contribution in [2.75, 3.05) is 0 Å². The number of nitrogens with zero attached hydrogens (tertiary/aromatic N) is 7. The summed E-state index contributed by atoms with van der Waals surface area (Å²) in [5.41, 5.74) is 1.31. The molecule has 11 heteroatoms. The molecular weight excluding hydrogens is 607 g/mol. The van der Waals surface area contributed by atoms with E-state index in [1.165, 1.54) is 30.3 Å². The smallest absolute Gasteiger partial charge is 0.189 e. The van der Waals surface area contributed by atoms with Crippen molar-refractivity contribution in [1.29, 1.82) is 15.8 Å². The Balaban J connectivity index is 1.64. The van der Waals surface area contributed by atoms with Gasteiger partial charge in [0.15, 0.2) is 23.1 Å². The van der Waals surface area contributed by atoms with Crippen LogP contribution in [0, 0.1) is 58.0 Å². The molecule has 2 heterocycles. The first-order chi connectivity index (χ1) is 22.4. The van der Waals surface area contributed by atoms with E-state index in [0.717, 1.165) is 22.9 Å². The Kier molecular flexibility index (Phi) is 6.61. The Labute approximate surface area is 262 Å². The van der Waals surface area contributed by atoms with Crippen LogP contribution in [0.25, 0.3) is 71.1 Å². The maximum absolute atomic E-state index is 15.4. The van der Waals surface area contributed by atoms with Gasteiger partial charge in [0.1, 0.15) is 34.3 Å². The molecule has 7 aromatic rings. The number of pyridine rings is 1. The van der Waals surface area contributed by atoms with E-state index in [0.29, 0.717) is 38.4 Å². The maximum Gasteiger partial charge on any atom is 0.189 e. The lowest BCUT2D eigenvalue weighted by atomic mass is 9.92. The minimum atomic E-state index is -1.57. The minimum absolute atomic E-state index is 0.0884. The van der Waals surface area contributed by atoms with Gasteiger partial charge in [-0.2, -0.15) is 24.5 Å². The molecule has 0 aliphatic carbocycles. The molecule has 0 fully saturated rings. The van der Waals surface area contributed by atoms with Crippen LogP contribution in [-0.2, 0) is 0 Å². The van der Waals surface area contributed by atoms with Crippen molar-refractivity contribution in [3.63, 3.8) is 0 Å². The molecule has 0 atom stereocenters. The molecule has 0 amide bonds. The van der Waals surface area contributed by atoms with Gasteiger partial charge in [0.25, 0.3) is 0 Å². The van der Waals surface area contributed by atoms with Gasteiger partial charge in [-0.1, -0.05) is 42.5 Å². The highest BCUT2D eigenvalue weighted by molar-refractivity contribution is 7.00. The molecular formula is C35H12F3N7S. The first-order valence-electron chi connectivity index (χ1n) is 13.4. The first kappa shape index (κ1) is 28.1. The molecule has 0 aliphatic heterocycles. The largest absolute Gasteiger partial charge is 0.247 e. The normalized spacial score (nSPS) is 10.8. The van der Waals surface area contributed by atoms with Gasteiger partial charge >= 0.3 is 0 Å². The number of aromatic nitrogens is 3. The number of nitriles is 3. The van der Waals surface area contributed by atoms with Gasteiger partial charge in [0.2, 0.25) is 0 Å². The number of halogens is 3. The molecule has 7 nitrogen and oxygen atoms in total. The second kappa shape index (κ2) is 10.8. The van der Waals surface area contributed by atoms with Crippen molar-refractivity contribution in [3.8, 4) is 51.7 Å². The molecule has 0 N–H and O–H groups in total. The summed E-state index contributed by atoms with van der Waals surface area (Å²) in [6.07, 6.45) is 0. The van der Waals surface area contributed by atoms with Crippen LogP contribution in [0.3, 0.4) is 0 Å². The Morgan fingerprint density at radius 2 is 1.41 bits per heavy atom. The predicted octanol–water partition coefficient (Wildman–Crippen LogP) is 8.98. The van der Waals surface area contributed by atoms with Crippen molar-refractivity contribution in [2.45, 2.75) is 0 Å². The average molecular weight is 620 g/mol. The van der Waals surface area contributed by atoms with Crippen LogP contribution in [-0.4, -0.2) is 13.7 Å². The van der Waals surface area contributed by atoms with Gasteiger partial charge in [-0.15, -0.1) is 0 Å². The summed E-state index contributed by atoms with van der Waals surface area (Å²) >= 11 is 1.01. The number of benzene rings is 5. The second-order valence-electron chi connectivity index (χ2n) is 10.1. The SMILES string of the molecule is [C-]#[N+]c1cc(C#N)cc(-c2nc3cc(-c4c(F)c(C#N)c(F)c(C#N)c4F)ccc3c3c2cc(-c2ccccc2)c2nsnc23)c1. The zero-order valence-corrected chi connectivity index (χ0v) is 23.9. The molecule has 2 aromatic heterocycles. The van der Waals surface area contributed by atoms with Crippen LogP contribution < -0.4 is 0 Å². The third-order valence-corrected chi connectivity index (χ3v) is 8.18. The van der Waals surface area contributed by atoms with Gasteiger partial charge in [-0.05, 0) is 47.0 Å². The number of hydrogen-bond acceptors (Lipinski definition) is 7. The van der Waals surface area contributed by atoms with Crippen molar-refractivity contribution < 1.29 is 13.2 Å². The quantitative estimate of drug-likeness (QED) is 0.144. The molecule has 0 unspecified atom stereocenters. The van der Waals surface area contributed by atoms with Crippen LogP contribution in [0.1, 0.15) is 16.7 Å². The highest BCUT2D eigenvalue weighted by Crippen LogP contribution is 2.43. The molecule has 0 saturated heterocycles. The number of rotatable bonds is 3. The van der Waals surface area contributed by atoms with Crippen molar-refractivity contribution in [1.82, 2.24) is 13.7 Å². The maximum atomic E-state index is 15.4. The summed E-state index contributed by atoms with van der Waals surface area (Å²) in [4.78, 5) is 8.40. The molecule has 214 valence electrons. The summed E-state index contributed by atoms with van der Waals surface area (Å²) in [5, 5.41) is 30.3. The average Bonchev–Trinajstić information content (AvgIpc) is 3.58. The lowest BCUT2D eigenvalue weighted by Crippen LogP contribution is -2.04. The fourth-order valence-electron chi connectivity index (χ4n) is 5.62. The molecule has 0 bridgehead atoms. The summed E-state index contributed by atoms with van der Waals surface area (Å²) in [6.45, 7) is 7.58. The Bertz CT molecular complexity index is 2550. The van der Waals surface area contributed by atoms with Crippen LogP contribution >= 0.6 is 11.7 Å². The van der Waals surface area contributed by atoms with Gasteiger partial charge in [-0.3, -0.25) is 0 Å². The van der Waals surface area contributed by atoms with Gasteiger partial charge in [0, 0.05) is 27.3 Å². The van der Waals surface area contributed by atoms with Crippen molar-refractivity contribution in [2.24, 2.45) is 0 Å². The van der Waals surface area contributed by atoms with E-state index in [2.05, 4.69) is 19.7 Å². The summed E-state index contributed by atoms with van der Waals surface area (Å²) in [5.74, 6) is -4.46. The Morgan fingerprint density at radius 1 is 0.696 bits per heavy atom. The van der Waals surface area contributed by atoms with Crippen molar-refractivity contribution >= 4 is 50.1 Å². The summed E-state index contributed by atoms with van der Waals surface area (Å²) in [6, 6.07) is 25.3. The molecule has 0 radical (unpaired) electrons. The molecule has 0 aliphatic rings. The van der Waals surface area contributed by atoms with E-state index in [-0.39, 0.29) is 22.3 Å². The Hall–Kier alpha value is -6.66. The topological polar surface area (TPSA) is 114 Å². The molecule has 7 rings (SSSR count). The summed E-state index contributed by atoms with van der Waals surface area (Å²) in [7, 11) is 0. The molecule has 5 aromatic carbocycles. The lowest BCUT2D eigenvalue weighted by molar-refractivity contribution is 0.539. The van der Waals surface area contributed by atoms with Gasteiger partial charge in [0.05, 0.1) is 41.1 Å². The van der Waals surface area contributed by atoms with Gasteiger partial charge < -0.3 is 0 Å². The first-order valence-corrected chi connectivity index (χ1v) is 14.1. The molecule has 0 saturated carbocycles. The fourth-order valence-corrected chi connectivity index (χ4v) is 6.19. The van der Waals surface area contributed by atoms with E-state index in [1.54, 1.807) is 18.2 Å². The minimum Gasteiger partial charge on any atom is -0.247 e. The van der Waals surface area contributed by atoms with Gasteiger partial charge in [-0.25, -0.2) is 23.0 Å². The monoisotopic (exact) mass is 619 g/mol. The van der Waals surface area contributed by atoms with Crippen molar-refractivity contribution in [3.05, 3.63) is 118 Å². The Morgan fingerprint density at radius 3 is 2.09 bits per heavy atom. The number of hydrogen-bond donors (Lipinski definition) is 0. The standard InChI is InChI=1S/C35H12F3N7S/c1-42-21-10-17(14-39)9-20(11-21)33-24-13-23(18-5-3-2-4-6-18)34-35(45-46-44-34)29(24)22-8-7-19(12-27(22)43-33)28-31(37)25(15-40)30(36)26(16-41)32(28)38/h2-13H. The van der Waals surface area contributed by atoms with Crippen LogP contribution in [0.4, 0.5) is 18.9 Å². The van der Waals surface area contributed by atoms with Crippen LogP contribution in [0.15, 0.2) is 72.8 Å². The zero-order chi connectivity index (χ0) is 32.1. The van der Waals surface area contributed by atoms with E-state index in [1.807, 2.05) is 36.4 Å². The van der Waals surface area contributed by atoms with E-state index in [9.17, 15) is 20.2 Å². The van der Waals surface area contributed by atoms with E-state index in [4.69, 9.17) is 11.6 Å². The molecule has 0 spiro atoms. The second-order valence-corrected chi connectivity index (χ2v) is 10.7.